The fourth-order valence-corrected chi connectivity index (χ4v) is 1.13. The third kappa shape index (κ3) is 8.01. The van der Waals surface area contributed by atoms with Crippen LogP contribution in [0.25, 0.3) is 0 Å². The van der Waals surface area contributed by atoms with E-state index in [1.54, 1.807) is 11.4 Å². The van der Waals surface area contributed by atoms with E-state index in [2.05, 4.69) is 6.92 Å². The molecule has 0 fully saturated rings. The second kappa shape index (κ2) is 6.13. The molecule has 0 saturated carbocycles. The molecule has 0 radical (unpaired) electrons. The van der Waals surface area contributed by atoms with E-state index in [9.17, 15) is 0 Å². The maximum absolute atomic E-state index is 5.23. The summed E-state index contributed by atoms with van der Waals surface area (Å²) in [6, 6.07) is 0. The molecule has 0 atom stereocenters. The molecule has 0 spiro atoms. The van der Waals surface area contributed by atoms with Gasteiger partial charge in [0.2, 0.25) is 11.4 Å². The van der Waals surface area contributed by atoms with Crippen LogP contribution >= 0.6 is 0 Å². The molecule has 0 bridgehead atoms. The summed E-state index contributed by atoms with van der Waals surface area (Å²) in [6.45, 7) is 2.18. The van der Waals surface area contributed by atoms with Crippen LogP contribution in [-0.4, -0.2) is 10.9 Å². The Bertz CT molecular complexity index is 87.1. The Kier molecular flexibility index (Phi) is 6.14. The maximum atomic E-state index is 5.23. The summed E-state index contributed by atoms with van der Waals surface area (Å²) in [5.74, 6) is 1.07. The second-order valence-electron chi connectivity index (χ2n) is 1.96. The van der Waals surface area contributed by atoms with Crippen LogP contribution in [0.15, 0.2) is 0 Å². The van der Waals surface area contributed by atoms with Gasteiger partial charge in [-0.05, 0) is 6.42 Å². The van der Waals surface area contributed by atoms with Crippen LogP contribution in [-0.2, 0) is 11.4 Å². The summed E-state index contributed by atoms with van der Waals surface area (Å²) < 4.78 is 0. The van der Waals surface area contributed by atoms with Crippen LogP contribution in [0.4, 0.5) is 0 Å². The highest BCUT2D eigenvalue weighted by atomic mass is 32.1. The zero-order valence-corrected chi connectivity index (χ0v) is 6.71. The summed E-state index contributed by atoms with van der Waals surface area (Å²) in [5.41, 5.74) is 10.5. The molecule has 0 unspecified atom stereocenters. The molecule has 0 aliphatic rings. The highest BCUT2D eigenvalue weighted by Gasteiger charge is 1.96. The van der Waals surface area contributed by atoms with Crippen molar-refractivity contribution < 1.29 is 0 Å². The summed E-state index contributed by atoms with van der Waals surface area (Å²) in [6.07, 6.45) is 3.75. The summed E-state index contributed by atoms with van der Waals surface area (Å²) >= 11 is 1.54. The van der Waals surface area contributed by atoms with Crippen molar-refractivity contribution in [1.82, 2.24) is 0 Å². The molecule has 0 aromatic heterocycles. The Morgan fingerprint density at radius 3 is 2.44 bits per heavy atom. The lowest BCUT2D eigenvalue weighted by Gasteiger charge is -1.82. The van der Waals surface area contributed by atoms with Gasteiger partial charge in [-0.25, -0.2) is 11.5 Å². The zero-order valence-electron chi connectivity index (χ0n) is 5.89. The Hall–Kier alpha value is 0.0100. The van der Waals surface area contributed by atoms with E-state index in [4.69, 9.17) is 11.5 Å². The molecule has 0 rings (SSSR count). The van der Waals surface area contributed by atoms with E-state index < -0.39 is 0 Å². The van der Waals surface area contributed by atoms with Gasteiger partial charge in [0.15, 0.2) is 5.75 Å². The molecular formula is C6H15N2S+. The summed E-state index contributed by atoms with van der Waals surface area (Å²) in [4.78, 5) is 0. The van der Waals surface area contributed by atoms with Gasteiger partial charge in [0, 0.05) is 6.42 Å². The molecule has 4 N–H and O–H groups in total. The lowest BCUT2D eigenvalue weighted by molar-refractivity contribution is 0.779. The summed E-state index contributed by atoms with van der Waals surface area (Å²) in [7, 11) is 0. The Morgan fingerprint density at radius 2 is 2.00 bits per heavy atom. The number of hydrogen-bond donors (Lipinski definition) is 2. The predicted octanol–water partition coefficient (Wildman–Crippen LogP) is 0.264. The van der Waals surface area contributed by atoms with E-state index in [1.807, 2.05) is 0 Å². The van der Waals surface area contributed by atoms with Crippen molar-refractivity contribution >= 4 is 16.5 Å². The molecule has 0 aromatic rings. The van der Waals surface area contributed by atoms with Gasteiger partial charge < -0.3 is 0 Å². The highest BCUT2D eigenvalue weighted by molar-refractivity contribution is 7.78. The Balaban J connectivity index is 3.00. The Labute approximate surface area is 60.6 Å². The van der Waals surface area contributed by atoms with E-state index in [0.29, 0.717) is 5.11 Å². The monoisotopic (exact) mass is 147 g/mol. The van der Waals surface area contributed by atoms with Crippen LogP contribution in [0.1, 0.15) is 26.2 Å². The molecule has 0 heterocycles. The van der Waals surface area contributed by atoms with Gasteiger partial charge in [0.05, 0.1) is 0 Å². The number of hydrogen-bond acceptors (Lipinski definition) is 0. The SMILES string of the molecule is CCCCC[S+]=C(N)N. The molecule has 2 nitrogen and oxygen atoms in total. The number of unbranched alkanes of at least 4 members (excludes halogenated alkanes) is 2. The normalized spacial score (nSPS) is 9.22. The van der Waals surface area contributed by atoms with Crippen molar-refractivity contribution in [2.45, 2.75) is 26.2 Å². The first-order valence-electron chi connectivity index (χ1n) is 3.28. The zero-order chi connectivity index (χ0) is 7.11. The molecule has 0 aliphatic carbocycles. The van der Waals surface area contributed by atoms with Gasteiger partial charge in [-0.1, -0.05) is 13.3 Å². The molecule has 54 valence electrons. The largest absolute Gasteiger partial charge is 0.314 e. The molecular weight excluding hydrogens is 132 g/mol. The molecule has 0 aromatic carbocycles. The first-order chi connectivity index (χ1) is 4.27. The molecule has 0 amide bonds. The summed E-state index contributed by atoms with van der Waals surface area (Å²) in [5, 5.41) is 0.492. The first kappa shape index (κ1) is 9.01. The minimum Gasteiger partial charge on any atom is -0.243 e. The highest BCUT2D eigenvalue weighted by Crippen LogP contribution is 1.91. The Morgan fingerprint density at radius 1 is 1.33 bits per heavy atom. The second-order valence-corrected chi connectivity index (χ2v) is 3.13. The van der Waals surface area contributed by atoms with Crippen molar-refractivity contribution in [1.29, 1.82) is 0 Å². The fourth-order valence-electron chi connectivity index (χ4n) is 0.542. The van der Waals surface area contributed by atoms with Gasteiger partial charge in [-0.3, -0.25) is 0 Å². The quantitative estimate of drug-likeness (QED) is 0.340. The fraction of sp³-hybridized carbons (Fsp3) is 0.833. The van der Waals surface area contributed by atoms with Gasteiger partial charge >= 0.3 is 5.11 Å². The number of nitrogens with two attached hydrogens (primary N) is 2. The smallest absolute Gasteiger partial charge is 0.243 e. The van der Waals surface area contributed by atoms with Crippen molar-refractivity contribution in [3.05, 3.63) is 0 Å². The van der Waals surface area contributed by atoms with Crippen LogP contribution in [0.5, 0.6) is 0 Å². The van der Waals surface area contributed by atoms with E-state index >= 15 is 0 Å². The van der Waals surface area contributed by atoms with E-state index in [0.717, 1.165) is 5.75 Å². The average molecular weight is 147 g/mol. The van der Waals surface area contributed by atoms with Crippen LogP contribution < -0.4 is 11.5 Å². The third-order valence-corrected chi connectivity index (χ3v) is 1.84. The third-order valence-electron chi connectivity index (χ3n) is 1.02. The average Bonchev–Trinajstić information content (AvgIpc) is 1.80. The first-order valence-corrected chi connectivity index (χ1v) is 4.26. The van der Waals surface area contributed by atoms with Gasteiger partial charge in [-0.15, -0.1) is 0 Å². The number of rotatable bonds is 4. The van der Waals surface area contributed by atoms with Crippen LogP contribution in [0, 0.1) is 0 Å². The van der Waals surface area contributed by atoms with Crippen molar-refractivity contribution in [3.63, 3.8) is 0 Å². The van der Waals surface area contributed by atoms with Gasteiger partial charge in [-0.2, -0.15) is 0 Å². The minimum absolute atomic E-state index is 0.492. The maximum Gasteiger partial charge on any atom is 0.314 e. The van der Waals surface area contributed by atoms with Crippen LogP contribution in [0.2, 0.25) is 0 Å². The van der Waals surface area contributed by atoms with E-state index in [-0.39, 0.29) is 0 Å². The van der Waals surface area contributed by atoms with Gasteiger partial charge in [0.25, 0.3) is 0 Å². The lowest BCUT2D eigenvalue weighted by Crippen LogP contribution is -2.24. The van der Waals surface area contributed by atoms with Crippen molar-refractivity contribution in [3.8, 4) is 0 Å². The molecule has 9 heavy (non-hydrogen) atoms. The standard InChI is InChI=1S/C6H15N2S/c1-2-3-4-5-9-6(7)8/h2-5,7-8H2,1H3/q+1. The van der Waals surface area contributed by atoms with E-state index in [1.165, 1.54) is 19.3 Å². The molecule has 0 saturated heterocycles. The molecule has 3 heteroatoms. The predicted molar refractivity (Wildman–Crippen MR) is 45.1 cm³/mol. The minimum atomic E-state index is 0.492. The van der Waals surface area contributed by atoms with Crippen molar-refractivity contribution in [2.75, 3.05) is 5.75 Å². The van der Waals surface area contributed by atoms with Gasteiger partial charge in [0.1, 0.15) is 0 Å². The lowest BCUT2D eigenvalue weighted by atomic mass is 10.3. The van der Waals surface area contributed by atoms with Crippen molar-refractivity contribution in [2.24, 2.45) is 11.5 Å². The molecule has 0 aliphatic heterocycles. The topological polar surface area (TPSA) is 52.0 Å². The van der Waals surface area contributed by atoms with Crippen LogP contribution in [0.3, 0.4) is 0 Å².